The third-order valence-electron chi connectivity index (χ3n) is 4.78. The number of nitrogens with one attached hydrogen (secondary N) is 1. The Morgan fingerprint density at radius 1 is 1.04 bits per heavy atom. The van der Waals surface area contributed by atoms with E-state index in [0.29, 0.717) is 5.82 Å². The highest BCUT2D eigenvalue weighted by atomic mass is 15.3. The van der Waals surface area contributed by atoms with Crippen LogP contribution in [0, 0.1) is 6.92 Å². The summed E-state index contributed by atoms with van der Waals surface area (Å²) < 4.78 is 0. The lowest BCUT2D eigenvalue weighted by Crippen LogP contribution is -2.45. The summed E-state index contributed by atoms with van der Waals surface area (Å²) in [5.41, 5.74) is 16.3. The van der Waals surface area contributed by atoms with Gasteiger partial charge in [-0.05, 0) is 37.7 Å². The van der Waals surface area contributed by atoms with Crippen molar-refractivity contribution in [1.29, 1.82) is 0 Å². The van der Waals surface area contributed by atoms with Crippen LogP contribution in [0.25, 0.3) is 22.0 Å². The molecule has 0 bridgehead atoms. The smallest absolute Gasteiger partial charge is 0.223 e. The Hall–Kier alpha value is -2.80. The minimum Gasteiger partial charge on any atom is -0.383 e. The summed E-state index contributed by atoms with van der Waals surface area (Å²) in [7, 11) is 2.13. The summed E-state index contributed by atoms with van der Waals surface area (Å²) in [6.07, 6.45) is 0. The number of H-pyrrole nitrogens is 1. The molecule has 0 aliphatic carbocycles. The first-order valence-electron chi connectivity index (χ1n) is 8.47. The zero-order chi connectivity index (χ0) is 17.6. The predicted octanol–water partition coefficient (Wildman–Crippen LogP) is 1.85. The summed E-state index contributed by atoms with van der Waals surface area (Å²) in [5, 5.41) is 1.15. The van der Waals surface area contributed by atoms with Gasteiger partial charge in [-0.15, -0.1) is 0 Å². The van der Waals surface area contributed by atoms with Crippen molar-refractivity contribution in [3.8, 4) is 11.1 Å². The van der Waals surface area contributed by atoms with E-state index in [1.807, 2.05) is 0 Å². The van der Waals surface area contributed by atoms with Gasteiger partial charge >= 0.3 is 0 Å². The van der Waals surface area contributed by atoms with Gasteiger partial charge in [-0.3, -0.25) is 0 Å². The molecule has 1 aliphatic heterocycles. The summed E-state index contributed by atoms with van der Waals surface area (Å²) >= 11 is 0. The van der Waals surface area contributed by atoms with Gasteiger partial charge in [-0.2, -0.15) is 9.97 Å². The minimum atomic E-state index is 0.216. The Morgan fingerprint density at radius 2 is 1.80 bits per heavy atom. The normalized spacial score (nSPS) is 15.8. The van der Waals surface area contributed by atoms with Crippen LogP contribution in [0.3, 0.4) is 0 Å². The van der Waals surface area contributed by atoms with E-state index < -0.39 is 0 Å². The number of benzene rings is 1. The Labute approximate surface area is 146 Å². The SMILES string of the molecule is Cc1cc2cc(-c3c(N)nc(N)nc3N3CCN(C)CC3)ccc2[nH]1. The van der Waals surface area contributed by atoms with Gasteiger partial charge in [-0.1, -0.05) is 6.07 Å². The first kappa shape index (κ1) is 15.7. The number of rotatable bonds is 2. The fourth-order valence-electron chi connectivity index (χ4n) is 3.44. The van der Waals surface area contributed by atoms with Crippen molar-refractivity contribution in [2.75, 3.05) is 49.6 Å². The maximum atomic E-state index is 6.26. The molecule has 4 rings (SSSR count). The first-order valence-corrected chi connectivity index (χ1v) is 8.47. The van der Waals surface area contributed by atoms with Crippen molar-refractivity contribution in [1.82, 2.24) is 19.9 Å². The Balaban J connectivity index is 1.84. The van der Waals surface area contributed by atoms with E-state index in [2.05, 4.69) is 63.0 Å². The van der Waals surface area contributed by atoms with Gasteiger partial charge in [-0.25, -0.2) is 0 Å². The Morgan fingerprint density at radius 3 is 2.56 bits per heavy atom. The summed E-state index contributed by atoms with van der Waals surface area (Å²) in [6, 6.07) is 8.39. The van der Waals surface area contributed by atoms with E-state index in [4.69, 9.17) is 11.5 Å². The molecule has 0 saturated carbocycles. The molecule has 1 fully saturated rings. The number of aromatic nitrogens is 3. The Kier molecular flexibility index (Phi) is 3.73. The van der Waals surface area contributed by atoms with Crippen molar-refractivity contribution >= 4 is 28.5 Å². The molecular weight excluding hydrogens is 314 g/mol. The number of fused-ring (bicyclic) bond motifs is 1. The second-order valence-electron chi connectivity index (χ2n) is 6.71. The van der Waals surface area contributed by atoms with Gasteiger partial charge in [0.1, 0.15) is 11.6 Å². The van der Waals surface area contributed by atoms with E-state index in [9.17, 15) is 0 Å². The van der Waals surface area contributed by atoms with Crippen molar-refractivity contribution in [2.45, 2.75) is 6.92 Å². The maximum absolute atomic E-state index is 6.26. The lowest BCUT2D eigenvalue weighted by Gasteiger charge is -2.34. The van der Waals surface area contributed by atoms with Gasteiger partial charge < -0.3 is 26.3 Å². The molecule has 3 aromatic rings. The van der Waals surface area contributed by atoms with Gasteiger partial charge in [0.25, 0.3) is 0 Å². The Bertz CT molecular complexity index is 923. The van der Waals surface area contributed by atoms with E-state index >= 15 is 0 Å². The molecule has 130 valence electrons. The quantitative estimate of drug-likeness (QED) is 0.660. The fourth-order valence-corrected chi connectivity index (χ4v) is 3.44. The second kappa shape index (κ2) is 5.93. The van der Waals surface area contributed by atoms with E-state index in [1.165, 1.54) is 0 Å². The highest BCUT2D eigenvalue weighted by Crippen LogP contribution is 2.36. The van der Waals surface area contributed by atoms with Crippen molar-refractivity contribution < 1.29 is 0 Å². The fraction of sp³-hybridized carbons (Fsp3) is 0.333. The molecule has 0 atom stereocenters. The molecule has 0 radical (unpaired) electrons. The molecule has 5 N–H and O–H groups in total. The number of nitrogens with zero attached hydrogens (tertiary/aromatic N) is 4. The number of anilines is 3. The summed E-state index contributed by atoms with van der Waals surface area (Å²) in [4.78, 5) is 16.6. The zero-order valence-electron chi connectivity index (χ0n) is 14.6. The number of nitrogens with two attached hydrogens (primary N) is 2. The van der Waals surface area contributed by atoms with E-state index in [-0.39, 0.29) is 5.95 Å². The van der Waals surface area contributed by atoms with Crippen LogP contribution in [-0.2, 0) is 0 Å². The molecular formula is C18H23N7. The van der Waals surface area contributed by atoms with E-state index in [0.717, 1.165) is 59.7 Å². The van der Waals surface area contributed by atoms with Crippen molar-refractivity contribution in [3.05, 3.63) is 30.0 Å². The van der Waals surface area contributed by atoms with Crippen LogP contribution in [0.5, 0.6) is 0 Å². The molecule has 1 aliphatic rings. The molecule has 7 nitrogen and oxygen atoms in total. The molecule has 0 amide bonds. The third kappa shape index (κ3) is 2.87. The summed E-state index contributed by atoms with van der Waals surface area (Å²) in [6.45, 7) is 5.81. The highest BCUT2D eigenvalue weighted by molar-refractivity contribution is 5.91. The van der Waals surface area contributed by atoms with Crippen LogP contribution in [0.15, 0.2) is 24.3 Å². The molecule has 3 heterocycles. The number of hydrogen-bond acceptors (Lipinski definition) is 6. The number of piperazine rings is 1. The van der Waals surface area contributed by atoms with Crippen molar-refractivity contribution in [3.63, 3.8) is 0 Å². The molecule has 0 spiro atoms. The van der Waals surface area contributed by atoms with Crippen LogP contribution >= 0.6 is 0 Å². The monoisotopic (exact) mass is 337 g/mol. The molecule has 0 unspecified atom stereocenters. The number of likely N-dealkylation sites (N-methyl/N-ethyl adjacent to an activating group) is 1. The maximum Gasteiger partial charge on any atom is 0.223 e. The average Bonchev–Trinajstić information content (AvgIpc) is 2.94. The highest BCUT2D eigenvalue weighted by Gasteiger charge is 2.22. The van der Waals surface area contributed by atoms with Gasteiger partial charge in [0.15, 0.2) is 0 Å². The van der Waals surface area contributed by atoms with Gasteiger partial charge in [0, 0.05) is 42.8 Å². The molecule has 25 heavy (non-hydrogen) atoms. The zero-order valence-corrected chi connectivity index (χ0v) is 14.6. The molecule has 1 aromatic carbocycles. The first-order chi connectivity index (χ1) is 12.0. The topological polar surface area (TPSA) is 100 Å². The van der Waals surface area contributed by atoms with Gasteiger partial charge in [0.2, 0.25) is 5.95 Å². The van der Waals surface area contributed by atoms with Crippen molar-refractivity contribution in [2.24, 2.45) is 0 Å². The number of nitrogen functional groups attached to an aromatic ring is 2. The lowest BCUT2D eigenvalue weighted by atomic mass is 10.0. The van der Waals surface area contributed by atoms with Crippen LogP contribution < -0.4 is 16.4 Å². The van der Waals surface area contributed by atoms with Gasteiger partial charge in [0.05, 0.1) is 5.56 Å². The number of aryl methyl sites for hydroxylation is 1. The molecule has 1 saturated heterocycles. The van der Waals surface area contributed by atoms with Crippen LogP contribution in [0.2, 0.25) is 0 Å². The minimum absolute atomic E-state index is 0.216. The average molecular weight is 337 g/mol. The van der Waals surface area contributed by atoms with Crippen LogP contribution in [0.4, 0.5) is 17.6 Å². The van der Waals surface area contributed by atoms with Crippen LogP contribution in [-0.4, -0.2) is 53.1 Å². The largest absolute Gasteiger partial charge is 0.383 e. The molecule has 2 aromatic heterocycles. The van der Waals surface area contributed by atoms with Crippen LogP contribution in [0.1, 0.15) is 5.69 Å². The van der Waals surface area contributed by atoms with E-state index in [1.54, 1.807) is 0 Å². The standard InChI is InChI=1S/C18H23N7/c1-11-9-13-10-12(3-4-14(13)21-11)15-16(19)22-18(20)23-17(15)25-7-5-24(2)6-8-25/h3-4,9-10,21H,5-8H2,1-2H3,(H4,19,20,22,23). The second-order valence-corrected chi connectivity index (χ2v) is 6.71. The number of hydrogen-bond donors (Lipinski definition) is 3. The predicted molar refractivity (Wildman–Crippen MR) is 103 cm³/mol. The summed E-state index contributed by atoms with van der Waals surface area (Å²) in [5.74, 6) is 1.46. The third-order valence-corrected chi connectivity index (χ3v) is 4.78. The lowest BCUT2D eigenvalue weighted by molar-refractivity contribution is 0.312. The number of aromatic amines is 1. The molecule has 7 heteroatoms.